The van der Waals surface area contributed by atoms with E-state index in [1.165, 1.54) is 19.3 Å². The number of aromatic nitrogens is 2. The van der Waals surface area contributed by atoms with Crippen molar-refractivity contribution in [2.75, 3.05) is 24.5 Å². The monoisotopic (exact) mass is 298 g/mol. The fourth-order valence-electron chi connectivity index (χ4n) is 4.47. The SMILES string of the molecule is Fc1c2n(c3ncc(N4CC5CCCC5C4)cc13)CCN=C2. The van der Waals surface area contributed by atoms with Gasteiger partial charge in [-0.05, 0) is 30.7 Å². The molecular weight excluding hydrogens is 279 g/mol. The first-order valence-corrected chi connectivity index (χ1v) is 8.24. The van der Waals surface area contributed by atoms with Crippen molar-refractivity contribution in [3.05, 3.63) is 23.8 Å². The summed E-state index contributed by atoms with van der Waals surface area (Å²) in [7, 11) is 0. The highest BCUT2D eigenvalue weighted by Gasteiger charge is 2.36. The van der Waals surface area contributed by atoms with Crippen LogP contribution in [0.1, 0.15) is 25.0 Å². The van der Waals surface area contributed by atoms with E-state index in [1.54, 1.807) is 6.21 Å². The van der Waals surface area contributed by atoms with Gasteiger partial charge in [0.05, 0.1) is 29.5 Å². The number of anilines is 1. The number of pyridine rings is 1. The molecule has 0 aromatic carbocycles. The van der Waals surface area contributed by atoms with Crippen LogP contribution in [0.5, 0.6) is 0 Å². The fourth-order valence-corrected chi connectivity index (χ4v) is 4.47. The third-order valence-electron chi connectivity index (χ3n) is 5.62. The largest absolute Gasteiger partial charge is 0.370 e. The molecule has 3 aliphatic rings. The van der Waals surface area contributed by atoms with Crippen molar-refractivity contribution < 1.29 is 4.39 Å². The number of aliphatic imine (C=N–C) groups is 1. The molecule has 2 unspecified atom stereocenters. The van der Waals surface area contributed by atoms with Crippen molar-refractivity contribution in [3.63, 3.8) is 0 Å². The minimum Gasteiger partial charge on any atom is -0.370 e. The molecule has 2 atom stereocenters. The Kier molecular flexibility index (Phi) is 2.60. The molecule has 2 aliphatic heterocycles. The Morgan fingerprint density at radius 3 is 2.82 bits per heavy atom. The van der Waals surface area contributed by atoms with E-state index >= 15 is 0 Å². The maximum absolute atomic E-state index is 14.6. The van der Waals surface area contributed by atoms with Crippen LogP contribution >= 0.6 is 0 Å². The molecule has 2 fully saturated rings. The molecule has 0 spiro atoms. The molecule has 4 nitrogen and oxygen atoms in total. The first-order valence-electron chi connectivity index (χ1n) is 8.24. The van der Waals surface area contributed by atoms with Crippen molar-refractivity contribution in [3.8, 4) is 0 Å². The molecule has 0 N–H and O–H groups in total. The number of hydrogen-bond acceptors (Lipinski definition) is 3. The van der Waals surface area contributed by atoms with Crippen LogP contribution in [0.4, 0.5) is 10.1 Å². The highest BCUT2D eigenvalue weighted by Crippen LogP contribution is 2.40. The van der Waals surface area contributed by atoms with Crippen molar-refractivity contribution in [1.29, 1.82) is 0 Å². The predicted molar refractivity (Wildman–Crippen MR) is 85.2 cm³/mol. The number of fused-ring (bicyclic) bond motifs is 4. The minimum atomic E-state index is -0.174. The maximum Gasteiger partial charge on any atom is 0.159 e. The van der Waals surface area contributed by atoms with Crippen LogP contribution in [0.15, 0.2) is 17.3 Å². The van der Waals surface area contributed by atoms with Crippen LogP contribution in [-0.2, 0) is 6.54 Å². The molecule has 114 valence electrons. The minimum absolute atomic E-state index is 0.174. The summed E-state index contributed by atoms with van der Waals surface area (Å²) in [5.74, 6) is 1.48. The number of halogens is 1. The summed E-state index contributed by atoms with van der Waals surface area (Å²) >= 11 is 0. The zero-order valence-electron chi connectivity index (χ0n) is 12.5. The van der Waals surface area contributed by atoms with Gasteiger partial charge in [0.15, 0.2) is 5.82 Å². The Morgan fingerprint density at radius 1 is 1.18 bits per heavy atom. The zero-order chi connectivity index (χ0) is 14.7. The van der Waals surface area contributed by atoms with E-state index in [2.05, 4.69) is 14.9 Å². The third kappa shape index (κ3) is 1.68. The lowest BCUT2D eigenvalue weighted by atomic mass is 10.0. The first-order chi connectivity index (χ1) is 10.8. The van der Waals surface area contributed by atoms with Gasteiger partial charge in [-0.1, -0.05) is 6.42 Å². The second-order valence-electron chi connectivity index (χ2n) is 6.81. The Balaban J connectivity index is 1.57. The highest BCUT2D eigenvalue weighted by molar-refractivity contribution is 5.91. The summed E-state index contributed by atoms with van der Waals surface area (Å²) in [6.07, 6.45) is 7.63. The molecule has 22 heavy (non-hydrogen) atoms. The van der Waals surface area contributed by atoms with Crippen molar-refractivity contribution in [2.45, 2.75) is 25.8 Å². The normalized spacial score (nSPS) is 26.7. The van der Waals surface area contributed by atoms with Gasteiger partial charge < -0.3 is 9.47 Å². The fraction of sp³-hybridized carbons (Fsp3) is 0.529. The highest BCUT2D eigenvalue weighted by atomic mass is 19.1. The van der Waals surface area contributed by atoms with Gasteiger partial charge >= 0.3 is 0 Å². The average molecular weight is 298 g/mol. The molecule has 1 saturated heterocycles. The van der Waals surface area contributed by atoms with E-state index in [9.17, 15) is 4.39 Å². The smallest absolute Gasteiger partial charge is 0.159 e. The third-order valence-corrected chi connectivity index (χ3v) is 5.62. The van der Waals surface area contributed by atoms with Gasteiger partial charge in [-0.3, -0.25) is 4.99 Å². The Morgan fingerprint density at radius 2 is 2.00 bits per heavy atom. The predicted octanol–water partition coefficient (Wildman–Crippen LogP) is 2.84. The summed E-state index contributed by atoms with van der Waals surface area (Å²) in [4.78, 5) is 11.2. The van der Waals surface area contributed by atoms with Gasteiger partial charge in [0.2, 0.25) is 0 Å². The number of hydrogen-bond donors (Lipinski definition) is 0. The van der Waals surface area contributed by atoms with Crippen LogP contribution in [0.3, 0.4) is 0 Å². The van der Waals surface area contributed by atoms with E-state index in [-0.39, 0.29) is 5.82 Å². The molecular formula is C17H19FN4. The van der Waals surface area contributed by atoms with E-state index in [0.717, 1.165) is 36.3 Å². The summed E-state index contributed by atoms with van der Waals surface area (Å²) in [6.45, 7) is 3.63. The summed E-state index contributed by atoms with van der Waals surface area (Å²) in [5, 5.41) is 0.637. The Labute approximate surface area is 128 Å². The Hall–Kier alpha value is -1.91. The van der Waals surface area contributed by atoms with Crippen molar-refractivity contribution in [2.24, 2.45) is 16.8 Å². The summed E-state index contributed by atoms with van der Waals surface area (Å²) in [6, 6.07) is 1.98. The molecule has 0 bridgehead atoms. The molecule has 2 aromatic rings. The average Bonchev–Trinajstić information content (AvgIpc) is 3.21. The second kappa shape index (κ2) is 4.54. The summed E-state index contributed by atoms with van der Waals surface area (Å²) in [5.41, 5.74) is 2.40. The van der Waals surface area contributed by atoms with Gasteiger partial charge in [-0.2, -0.15) is 0 Å². The van der Waals surface area contributed by atoms with E-state index in [0.29, 0.717) is 24.2 Å². The first kappa shape index (κ1) is 12.6. The van der Waals surface area contributed by atoms with Crippen LogP contribution in [0.25, 0.3) is 11.0 Å². The maximum atomic E-state index is 14.6. The van der Waals surface area contributed by atoms with Gasteiger partial charge in [0, 0.05) is 25.8 Å². The van der Waals surface area contributed by atoms with Crippen molar-refractivity contribution >= 4 is 22.9 Å². The van der Waals surface area contributed by atoms with Crippen LogP contribution < -0.4 is 4.90 Å². The zero-order valence-corrected chi connectivity index (χ0v) is 12.5. The van der Waals surface area contributed by atoms with Crippen LogP contribution in [0.2, 0.25) is 0 Å². The van der Waals surface area contributed by atoms with Gasteiger partial charge in [0.1, 0.15) is 5.65 Å². The number of nitrogens with zero attached hydrogens (tertiary/aromatic N) is 4. The molecule has 4 heterocycles. The standard InChI is InChI=1S/C17H19FN4/c18-16-14-6-13(21-9-11-2-1-3-12(11)10-21)7-20-17(14)22-5-4-19-8-15(16)22/h6-8,11-12H,1-5,9-10H2. The molecule has 5 heteroatoms. The van der Waals surface area contributed by atoms with E-state index in [1.807, 2.05) is 16.8 Å². The quantitative estimate of drug-likeness (QED) is 0.811. The molecule has 0 radical (unpaired) electrons. The topological polar surface area (TPSA) is 33.4 Å². The summed E-state index contributed by atoms with van der Waals surface area (Å²) < 4.78 is 16.6. The molecule has 5 rings (SSSR count). The lowest BCUT2D eigenvalue weighted by molar-refractivity contribution is 0.494. The van der Waals surface area contributed by atoms with Gasteiger partial charge in [-0.15, -0.1) is 0 Å². The number of rotatable bonds is 1. The van der Waals surface area contributed by atoms with Gasteiger partial charge in [-0.25, -0.2) is 9.37 Å². The molecule has 0 amide bonds. The molecule has 1 aliphatic carbocycles. The van der Waals surface area contributed by atoms with Gasteiger partial charge in [0.25, 0.3) is 0 Å². The lowest BCUT2D eigenvalue weighted by Gasteiger charge is -2.19. The second-order valence-corrected chi connectivity index (χ2v) is 6.81. The molecule has 1 saturated carbocycles. The van der Waals surface area contributed by atoms with E-state index < -0.39 is 0 Å². The van der Waals surface area contributed by atoms with E-state index in [4.69, 9.17) is 0 Å². The molecule has 2 aromatic heterocycles. The van der Waals surface area contributed by atoms with Crippen LogP contribution in [0, 0.1) is 17.7 Å². The van der Waals surface area contributed by atoms with Crippen molar-refractivity contribution in [1.82, 2.24) is 9.55 Å². The van der Waals surface area contributed by atoms with Crippen LogP contribution in [-0.4, -0.2) is 35.4 Å². The lowest BCUT2D eigenvalue weighted by Crippen LogP contribution is -2.20. The Bertz CT molecular complexity index is 767.